The summed E-state index contributed by atoms with van der Waals surface area (Å²) in [5.41, 5.74) is 2.49. The molecule has 0 N–H and O–H groups in total. The van der Waals surface area contributed by atoms with Crippen LogP contribution in [0, 0.1) is 5.92 Å². The van der Waals surface area contributed by atoms with E-state index in [2.05, 4.69) is 57.8 Å². The molecule has 0 saturated carbocycles. The van der Waals surface area contributed by atoms with E-state index in [1.54, 1.807) is 7.11 Å². The van der Waals surface area contributed by atoms with E-state index in [9.17, 15) is 0 Å². The van der Waals surface area contributed by atoms with E-state index < -0.39 is 0 Å². The molecule has 1 aromatic rings. The van der Waals surface area contributed by atoms with Gasteiger partial charge in [-0.3, -0.25) is 0 Å². The minimum atomic E-state index is 0.639. The topological polar surface area (TPSA) is 9.23 Å². The van der Waals surface area contributed by atoms with Gasteiger partial charge >= 0.3 is 0 Å². The molecule has 1 aromatic carbocycles. The summed E-state index contributed by atoms with van der Waals surface area (Å²) in [5, 5.41) is 0.839. The van der Waals surface area contributed by atoms with Gasteiger partial charge in [0, 0.05) is 9.80 Å². The fourth-order valence-corrected chi connectivity index (χ4v) is 2.90. The van der Waals surface area contributed by atoms with Crippen molar-refractivity contribution in [2.75, 3.05) is 7.11 Å². The van der Waals surface area contributed by atoms with E-state index in [4.69, 9.17) is 4.74 Å². The third kappa shape index (κ3) is 3.49. The van der Waals surface area contributed by atoms with Crippen molar-refractivity contribution in [3.05, 3.63) is 27.7 Å². The molecule has 0 unspecified atom stereocenters. The van der Waals surface area contributed by atoms with Crippen LogP contribution in [-0.4, -0.2) is 7.11 Å². The first-order valence-corrected chi connectivity index (χ1v) is 6.91. The smallest absolute Gasteiger partial charge is 0.122 e. The third-order valence-corrected chi connectivity index (χ3v) is 3.56. The maximum Gasteiger partial charge on any atom is 0.122 e. The Bertz CT molecular complexity index is 335. The Labute approximate surface area is 108 Å². The summed E-state index contributed by atoms with van der Waals surface area (Å²) >= 11 is 7.04. The molecule has 0 fully saturated rings. The van der Waals surface area contributed by atoms with Crippen molar-refractivity contribution >= 4 is 31.9 Å². The van der Waals surface area contributed by atoms with Crippen molar-refractivity contribution in [1.82, 2.24) is 0 Å². The molecule has 0 amide bonds. The Balaban J connectivity index is 3.09. The van der Waals surface area contributed by atoms with E-state index >= 15 is 0 Å². The maximum atomic E-state index is 5.40. The van der Waals surface area contributed by atoms with Crippen molar-refractivity contribution in [2.24, 2.45) is 5.92 Å². The van der Waals surface area contributed by atoms with Crippen LogP contribution >= 0.6 is 31.9 Å². The molecule has 0 bridgehead atoms. The lowest BCUT2D eigenvalue weighted by atomic mass is 10.0. The van der Waals surface area contributed by atoms with Gasteiger partial charge in [0.2, 0.25) is 0 Å². The molecule has 0 aliphatic rings. The quantitative estimate of drug-likeness (QED) is 0.733. The van der Waals surface area contributed by atoms with Crippen molar-refractivity contribution in [2.45, 2.75) is 25.6 Å². The van der Waals surface area contributed by atoms with Crippen LogP contribution < -0.4 is 4.74 Å². The standard InChI is InChI=1S/C12H16Br2O/c1-8(2)4-9-5-11(14)10(7-13)6-12(9)15-3/h5-6,8H,4,7H2,1-3H3. The number of hydrogen-bond acceptors (Lipinski definition) is 1. The highest BCUT2D eigenvalue weighted by molar-refractivity contribution is 9.10. The fraction of sp³-hybridized carbons (Fsp3) is 0.500. The molecular weight excluding hydrogens is 320 g/mol. The minimum absolute atomic E-state index is 0.639. The molecule has 15 heavy (non-hydrogen) atoms. The average molecular weight is 336 g/mol. The first-order valence-electron chi connectivity index (χ1n) is 4.99. The van der Waals surface area contributed by atoms with Crippen LogP contribution in [-0.2, 0) is 11.8 Å². The lowest BCUT2D eigenvalue weighted by Gasteiger charge is -2.13. The Morgan fingerprint density at radius 3 is 2.40 bits per heavy atom. The van der Waals surface area contributed by atoms with Crippen LogP contribution in [0.15, 0.2) is 16.6 Å². The second-order valence-electron chi connectivity index (χ2n) is 3.99. The normalized spacial score (nSPS) is 10.8. The summed E-state index contributed by atoms with van der Waals surface area (Å²) in [6.45, 7) is 4.43. The van der Waals surface area contributed by atoms with E-state index in [1.807, 2.05) is 0 Å². The molecular formula is C12H16Br2O. The molecule has 84 valence electrons. The summed E-state index contributed by atoms with van der Waals surface area (Å²) in [6.07, 6.45) is 1.05. The van der Waals surface area contributed by atoms with Gasteiger partial charge in [-0.1, -0.05) is 45.7 Å². The van der Waals surface area contributed by atoms with Crippen LogP contribution in [0.25, 0.3) is 0 Å². The largest absolute Gasteiger partial charge is 0.496 e. The number of methoxy groups -OCH3 is 1. The second-order valence-corrected chi connectivity index (χ2v) is 5.40. The van der Waals surface area contributed by atoms with Crippen molar-refractivity contribution in [3.8, 4) is 5.75 Å². The Morgan fingerprint density at radius 2 is 1.93 bits per heavy atom. The second kappa shape index (κ2) is 5.90. The maximum absolute atomic E-state index is 5.40. The monoisotopic (exact) mass is 334 g/mol. The van der Waals surface area contributed by atoms with Crippen LogP contribution in [0.3, 0.4) is 0 Å². The van der Waals surface area contributed by atoms with Gasteiger partial charge in [-0.25, -0.2) is 0 Å². The summed E-state index contributed by atoms with van der Waals surface area (Å²) in [4.78, 5) is 0. The van der Waals surface area contributed by atoms with E-state index in [-0.39, 0.29) is 0 Å². The van der Waals surface area contributed by atoms with Crippen molar-refractivity contribution < 1.29 is 4.74 Å². The van der Waals surface area contributed by atoms with Crippen LogP contribution in [0.2, 0.25) is 0 Å². The molecule has 1 nitrogen and oxygen atoms in total. The van der Waals surface area contributed by atoms with Crippen molar-refractivity contribution in [3.63, 3.8) is 0 Å². The molecule has 0 aliphatic heterocycles. The fourth-order valence-electron chi connectivity index (χ4n) is 1.53. The highest BCUT2D eigenvalue weighted by atomic mass is 79.9. The van der Waals surface area contributed by atoms with Gasteiger partial charge in [0.05, 0.1) is 7.11 Å². The zero-order valence-corrected chi connectivity index (χ0v) is 12.5. The predicted molar refractivity (Wildman–Crippen MR) is 71.9 cm³/mol. The van der Waals surface area contributed by atoms with Crippen LogP contribution in [0.4, 0.5) is 0 Å². The van der Waals surface area contributed by atoms with Gasteiger partial charge in [0.15, 0.2) is 0 Å². The molecule has 0 radical (unpaired) electrons. The number of hydrogen-bond donors (Lipinski definition) is 0. The molecule has 0 heterocycles. The number of rotatable bonds is 4. The van der Waals surface area contributed by atoms with Crippen LogP contribution in [0.1, 0.15) is 25.0 Å². The van der Waals surface area contributed by atoms with Gasteiger partial charge in [-0.15, -0.1) is 0 Å². The summed E-state index contributed by atoms with van der Waals surface area (Å²) < 4.78 is 6.55. The van der Waals surface area contributed by atoms with Gasteiger partial charge in [0.25, 0.3) is 0 Å². The molecule has 0 aromatic heterocycles. The molecule has 0 aliphatic carbocycles. The van der Waals surface area contributed by atoms with E-state index in [1.165, 1.54) is 11.1 Å². The Kier molecular flexibility index (Phi) is 5.13. The summed E-state index contributed by atoms with van der Waals surface area (Å²) in [5.74, 6) is 1.63. The number of ether oxygens (including phenoxy) is 1. The molecule has 0 saturated heterocycles. The summed E-state index contributed by atoms with van der Waals surface area (Å²) in [6, 6.07) is 4.26. The SMILES string of the molecule is COc1cc(CBr)c(Br)cc1CC(C)C. The van der Waals surface area contributed by atoms with E-state index in [0.717, 1.165) is 22.0 Å². The van der Waals surface area contributed by atoms with Gasteiger partial charge in [-0.2, -0.15) is 0 Å². The first kappa shape index (κ1) is 13.0. The molecule has 3 heteroatoms. The van der Waals surface area contributed by atoms with Gasteiger partial charge in [0.1, 0.15) is 5.75 Å². The van der Waals surface area contributed by atoms with Crippen molar-refractivity contribution in [1.29, 1.82) is 0 Å². The number of halogens is 2. The summed E-state index contributed by atoms with van der Waals surface area (Å²) in [7, 11) is 1.73. The zero-order chi connectivity index (χ0) is 11.4. The highest BCUT2D eigenvalue weighted by Gasteiger charge is 2.09. The lowest BCUT2D eigenvalue weighted by Crippen LogP contribution is -1.99. The van der Waals surface area contributed by atoms with E-state index in [0.29, 0.717) is 5.92 Å². The zero-order valence-electron chi connectivity index (χ0n) is 9.31. The number of benzene rings is 1. The Hall–Kier alpha value is -0.0200. The highest BCUT2D eigenvalue weighted by Crippen LogP contribution is 2.30. The van der Waals surface area contributed by atoms with Gasteiger partial charge in [-0.05, 0) is 35.6 Å². The first-order chi connectivity index (χ1) is 7.08. The van der Waals surface area contributed by atoms with Gasteiger partial charge < -0.3 is 4.74 Å². The molecule has 1 rings (SSSR count). The Morgan fingerprint density at radius 1 is 1.27 bits per heavy atom. The van der Waals surface area contributed by atoms with Crippen LogP contribution in [0.5, 0.6) is 5.75 Å². The molecule has 0 spiro atoms. The minimum Gasteiger partial charge on any atom is -0.496 e. The average Bonchev–Trinajstić information content (AvgIpc) is 2.17. The number of alkyl halides is 1. The lowest BCUT2D eigenvalue weighted by molar-refractivity contribution is 0.406. The third-order valence-electron chi connectivity index (χ3n) is 2.22. The molecule has 0 atom stereocenters. The predicted octanol–water partition coefficient (Wildman–Crippen LogP) is 4.55.